The van der Waals surface area contributed by atoms with Gasteiger partial charge in [0, 0.05) is 11.8 Å². The molecule has 6 aliphatic carbocycles. The van der Waals surface area contributed by atoms with E-state index in [0.717, 1.165) is 57.3 Å². The zero-order valence-corrected chi connectivity index (χ0v) is 24.2. The molecule has 214 valence electrons. The van der Waals surface area contributed by atoms with Gasteiger partial charge in [0.1, 0.15) is 17.3 Å². The van der Waals surface area contributed by atoms with Crippen molar-refractivity contribution in [2.75, 3.05) is 0 Å². The smallest absolute Gasteiger partial charge is 0.139 e. The lowest BCUT2D eigenvalue weighted by Crippen LogP contribution is -2.43. The predicted octanol–water partition coefficient (Wildman–Crippen LogP) is 7.43. The van der Waals surface area contributed by atoms with Crippen molar-refractivity contribution in [1.82, 2.24) is 0 Å². The van der Waals surface area contributed by atoms with Crippen LogP contribution in [0.2, 0.25) is 0 Å². The number of hydrogen-bond acceptors (Lipinski definition) is 4. The summed E-state index contributed by atoms with van der Waals surface area (Å²) in [4.78, 5) is 12.3. The molecule has 4 nitrogen and oxygen atoms in total. The van der Waals surface area contributed by atoms with Crippen LogP contribution in [0.15, 0.2) is 36.4 Å². The summed E-state index contributed by atoms with van der Waals surface area (Å²) in [6.07, 6.45) is 13.1. The third-order valence-electron chi connectivity index (χ3n) is 13.1. The van der Waals surface area contributed by atoms with E-state index in [0.29, 0.717) is 46.9 Å². The summed E-state index contributed by atoms with van der Waals surface area (Å²) in [5.41, 5.74) is 5.74. The van der Waals surface area contributed by atoms with Gasteiger partial charge in [0.25, 0.3) is 0 Å². The molecular weight excluding hydrogens is 496 g/mol. The summed E-state index contributed by atoms with van der Waals surface area (Å²) in [6, 6.07) is 11.9. The highest BCUT2D eigenvalue weighted by Gasteiger charge is 2.55. The highest BCUT2D eigenvalue weighted by Crippen LogP contribution is 2.61. The van der Waals surface area contributed by atoms with Crippen molar-refractivity contribution in [1.29, 1.82) is 0 Å². The molecule has 0 spiro atoms. The SMILES string of the molecule is C[C@]12CC[C@@H]3c4ccc(O)cc4CC[C@H]3[C@@H]1CCC2=O.C[C@]12CC[C@@H]3c4ccc(O)cc4CC[C@H]3[C@@H]1CC[C@H]2O. The van der Waals surface area contributed by atoms with Crippen LogP contribution in [-0.2, 0) is 17.6 Å². The van der Waals surface area contributed by atoms with Crippen molar-refractivity contribution >= 4 is 5.78 Å². The molecule has 2 aromatic rings. The van der Waals surface area contributed by atoms with Gasteiger partial charge in [-0.05, 0) is 158 Å². The number of Topliss-reactive ketones (excluding diaryl/α,β-unsaturated/α-hetero) is 1. The zero-order chi connectivity index (χ0) is 27.8. The van der Waals surface area contributed by atoms with E-state index in [1.165, 1.54) is 47.9 Å². The molecule has 0 aromatic heterocycles. The van der Waals surface area contributed by atoms with Crippen LogP contribution < -0.4 is 0 Å². The van der Waals surface area contributed by atoms with Gasteiger partial charge in [-0.3, -0.25) is 4.79 Å². The van der Waals surface area contributed by atoms with Gasteiger partial charge in [-0.25, -0.2) is 0 Å². The summed E-state index contributed by atoms with van der Waals surface area (Å²) in [5.74, 6) is 5.27. The third-order valence-corrected chi connectivity index (χ3v) is 13.1. The molecule has 3 N–H and O–H groups in total. The van der Waals surface area contributed by atoms with Crippen LogP contribution in [-0.4, -0.2) is 27.2 Å². The second-order valence-corrected chi connectivity index (χ2v) is 14.7. The monoisotopic (exact) mass is 542 g/mol. The van der Waals surface area contributed by atoms with E-state index < -0.39 is 0 Å². The average Bonchev–Trinajstić information content (AvgIpc) is 3.43. The number of fused-ring (bicyclic) bond motifs is 10. The van der Waals surface area contributed by atoms with E-state index in [-0.39, 0.29) is 16.9 Å². The predicted molar refractivity (Wildman–Crippen MR) is 156 cm³/mol. The Balaban J connectivity index is 0.000000132. The summed E-state index contributed by atoms with van der Waals surface area (Å²) in [5, 5.41) is 29.7. The topological polar surface area (TPSA) is 77.8 Å². The molecule has 4 fully saturated rings. The minimum Gasteiger partial charge on any atom is -0.508 e. The molecule has 8 rings (SSSR count). The summed E-state index contributed by atoms with van der Waals surface area (Å²) in [7, 11) is 0. The number of rotatable bonds is 0. The van der Waals surface area contributed by atoms with Gasteiger partial charge in [-0.1, -0.05) is 26.0 Å². The molecule has 2 aromatic carbocycles. The number of carbonyl (C=O) groups is 1. The van der Waals surface area contributed by atoms with Crippen molar-refractivity contribution in [2.45, 2.75) is 109 Å². The fourth-order valence-corrected chi connectivity index (χ4v) is 10.9. The fraction of sp³-hybridized carbons (Fsp3) is 0.639. The first kappa shape index (κ1) is 26.6. The first-order valence-corrected chi connectivity index (χ1v) is 16.0. The Bertz CT molecular complexity index is 1320. The molecule has 0 heterocycles. The van der Waals surface area contributed by atoms with E-state index in [1.807, 2.05) is 24.3 Å². The van der Waals surface area contributed by atoms with Crippen molar-refractivity contribution in [3.05, 3.63) is 58.7 Å². The largest absolute Gasteiger partial charge is 0.508 e. The van der Waals surface area contributed by atoms with E-state index in [1.54, 1.807) is 0 Å². The Hall–Kier alpha value is -2.33. The van der Waals surface area contributed by atoms with Crippen LogP contribution >= 0.6 is 0 Å². The molecule has 9 atom stereocenters. The number of aliphatic hydroxyl groups is 1. The van der Waals surface area contributed by atoms with E-state index >= 15 is 0 Å². The minimum atomic E-state index is -0.0883. The minimum absolute atomic E-state index is 0.0322. The van der Waals surface area contributed by atoms with Gasteiger partial charge < -0.3 is 15.3 Å². The molecule has 6 aliphatic rings. The van der Waals surface area contributed by atoms with Gasteiger partial charge in [0.05, 0.1) is 6.10 Å². The Labute approximate surface area is 239 Å². The number of aromatic hydroxyl groups is 2. The summed E-state index contributed by atoms with van der Waals surface area (Å²) >= 11 is 0. The number of aliphatic hydroxyl groups excluding tert-OH is 1. The molecule has 40 heavy (non-hydrogen) atoms. The Morgan fingerprint density at radius 3 is 1.88 bits per heavy atom. The highest BCUT2D eigenvalue weighted by molar-refractivity contribution is 5.87. The standard InChI is InChI=1S/C18H24O2.C18H22O2/c2*1-18-9-8-14-13-5-3-12(19)10-11(13)2-4-15(14)16(18)6-7-17(18)20/h3,5,10,14-17,19-20H,2,4,6-9H2,1H3;3,5,10,14-16,19H,2,4,6-9H2,1H3/t14-,15-,16+,17-,18+;14-,15-,16+,18+/m11/s1. The van der Waals surface area contributed by atoms with E-state index in [9.17, 15) is 20.1 Å². The molecule has 0 aliphatic heterocycles. The van der Waals surface area contributed by atoms with Crippen LogP contribution in [0.4, 0.5) is 0 Å². The van der Waals surface area contributed by atoms with Gasteiger partial charge in [-0.2, -0.15) is 0 Å². The zero-order valence-electron chi connectivity index (χ0n) is 24.2. The van der Waals surface area contributed by atoms with Crippen LogP contribution in [0.3, 0.4) is 0 Å². The average molecular weight is 543 g/mol. The molecule has 4 saturated carbocycles. The number of aryl methyl sites for hydroxylation is 2. The molecule has 4 heteroatoms. The van der Waals surface area contributed by atoms with Gasteiger partial charge in [0.15, 0.2) is 0 Å². The maximum Gasteiger partial charge on any atom is 0.139 e. The number of carbonyl (C=O) groups excluding carboxylic acids is 1. The first-order valence-electron chi connectivity index (χ1n) is 16.0. The van der Waals surface area contributed by atoms with Crippen LogP contribution in [0, 0.1) is 34.5 Å². The number of phenolic OH excluding ortho intramolecular Hbond substituents is 2. The number of phenols is 2. The molecule has 0 bridgehead atoms. The van der Waals surface area contributed by atoms with Crippen molar-refractivity contribution in [3.63, 3.8) is 0 Å². The van der Waals surface area contributed by atoms with Crippen LogP contribution in [0.5, 0.6) is 11.5 Å². The number of hydrogen-bond donors (Lipinski definition) is 3. The van der Waals surface area contributed by atoms with Gasteiger partial charge >= 0.3 is 0 Å². The second-order valence-electron chi connectivity index (χ2n) is 14.7. The van der Waals surface area contributed by atoms with E-state index in [4.69, 9.17) is 0 Å². The summed E-state index contributed by atoms with van der Waals surface area (Å²) < 4.78 is 0. The maximum absolute atomic E-state index is 12.3. The van der Waals surface area contributed by atoms with Crippen molar-refractivity contribution in [3.8, 4) is 11.5 Å². The van der Waals surface area contributed by atoms with Gasteiger partial charge in [0.2, 0.25) is 0 Å². The molecular formula is C36H46O4. The number of benzene rings is 2. The summed E-state index contributed by atoms with van der Waals surface area (Å²) in [6.45, 7) is 4.54. The van der Waals surface area contributed by atoms with Crippen molar-refractivity contribution < 1.29 is 20.1 Å². The Kier molecular flexibility index (Phi) is 6.38. The molecule has 0 amide bonds. The lowest BCUT2D eigenvalue weighted by molar-refractivity contribution is -0.129. The van der Waals surface area contributed by atoms with Crippen LogP contribution in [0.25, 0.3) is 0 Å². The Morgan fingerprint density at radius 2 is 1.25 bits per heavy atom. The first-order chi connectivity index (χ1) is 19.2. The van der Waals surface area contributed by atoms with Crippen molar-refractivity contribution in [2.24, 2.45) is 34.5 Å². The maximum atomic E-state index is 12.3. The lowest BCUT2D eigenvalue weighted by Gasteiger charge is -2.50. The van der Waals surface area contributed by atoms with E-state index in [2.05, 4.69) is 26.0 Å². The Morgan fingerprint density at radius 1 is 0.675 bits per heavy atom. The molecule has 0 radical (unpaired) electrons. The highest BCUT2D eigenvalue weighted by atomic mass is 16.3. The third kappa shape index (κ3) is 3.99. The fourth-order valence-electron chi connectivity index (χ4n) is 10.9. The lowest BCUT2D eigenvalue weighted by atomic mass is 9.55. The normalized spacial score (nSPS) is 40.9. The van der Waals surface area contributed by atoms with Crippen LogP contribution in [0.1, 0.15) is 112 Å². The second kappa shape index (κ2) is 9.61. The quantitative estimate of drug-likeness (QED) is 0.324. The molecule has 0 saturated heterocycles. The molecule has 0 unspecified atom stereocenters. The van der Waals surface area contributed by atoms with Gasteiger partial charge in [-0.15, -0.1) is 0 Å². The number of ketones is 1.